The number of likely N-dealkylation sites (tertiary alicyclic amines) is 1. The number of hydrogen-bond donors (Lipinski definition) is 1. The lowest BCUT2D eigenvalue weighted by atomic mass is 9.95. The summed E-state index contributed by atoms with van der Waals surface area (Å²) in [6.07, 6.45) is 1.77. The Labute approximate surface area is 181 Å². The van der Waals surface area contributed by atoms with Crippen molar-refractivity contribution in [2.75, 3.05) is 19.6 Å². The Hall–Kier alpha value is -2.71. The summed E-state index contributed by atoms with van der Waals surface area (Å²) in [5.74, 6) is 3.17. The number of aryl methyl sites for hydroxylation is 1. The highest BCUT2D eigenvalue weighted by molar-refractivity contribution is 5.93. The fraction of sp³-hybridized carbons (Fsp3) is 0.429. The normalized spacial score (nSPS) is 16.8. The van der Waals surface area contributed by atoms with Crippen molar-refractivity contribution in [3.63, 3.8) is 0 Å². The van der Waals surface area contributed by atoms with Gasteiger partial charge in [-0.3, -0.25) is 4.79 Å². The van der Waals surface area contributed by atoms with Gasteiger partial charge in [-0.05, 0) is 31.9 Å². The molecular formula is C21H25ClN6O2. The Kier molecular flexibility index (Phi) is 5.87. The maximum Gasteiger partial charge on any atom is 0.291 e. The Morgan fingerprint density at radius 1 is 1.13 bits per heavy atom. The van der Waals surface area contributed by atoms with Crippen LogP contribution in [0.25, 0.3) is 11.5 Å². The van der Waals surface area contributed by atoms with Crippen molar-refractivity contribution in [1.29, 1.82) is 0 Å². The van der Waals surface area contributed by atoms with Crippen molar-refractivity contribution in [1.82, 2.24) is 30.0 Å². The third kappa shape index (κ3) is 3.73. The van der Waals surface area contributed by atoms with Crippen LogP contribution in [0.4, 0.5) is 0 Å². The maximum absolute atomic E-state index is 13.0. The second-order valence-electron chi connectivity index (χ2n) is 7.67. The van der Waals surface area contributed by atoms with Crippen molar-refractivity contribution >= 4 is 18.3 Å². The molecule has 2 aliphatic heterocycles. The van der Waals surface area contributed by atoms with Crippen LogP contribution >= 0.6 is 12.4 Å². The molecule has 0 atom stereocenters. The standard InChI is InChI=1S/C21H24N6O2.ClH/c1-14-18(29-20(23-14)16-5-3-2-4-6-16)21(28)26-10-7-15(8-11-26)19-25-24-17-13-22-9-12-27(17)19;/h2-6,15,22H,7-13H2,1H3;1H. The minimum absolute atomic E-state index is 0. The second-order valence-corrected chi connectivity index (χ2v) is 7.67. The molecule has 0 radical (unpaired) electrons. The van der Waals surface area contributed by atoms with Crippen molar-refractivity contribution in [2.45, 2.75) is 38.8 Å². The third-order valence-corrected chi connectivity index (χ3v) is 5.81. The number of nitrogens with one attached hydrogen (secondary N) is 1. The Bertz CT molecular complexity index is 1020. The number of hydrogen-bond acceptors (Lipinski definition) is 6. The van der Waals surface area contributed by atoms with Gasteiger partial charge in [0.1, 0.15) is 11.6 Å². The molecule has 0 spiro atoms. The molecule has 8 nitrogen and oxygen atoms in total. The number of fused-ring (bicyclic) bond motifs is 1. The molecule has 30 heavy (non-hydrogen) atoms. The first-order valence-electron chi connectivity index (χ1n) is 10.2. The zero-order valence-corrected chi connectivity index (χ0v) is 17.7. The highest BCUT2D eigenvalue weighted by Crippen LogP contribution is 2.29. The molecule has 3 aromatic rings. The van der Waals surface area contributed by atoms with Crippen molar-refractivity contribution in [2.24, 2.45) is 0 Å². The number of rotatable bonds is 3. The summed E-state index contributed by atoms with van der Waals surface area (Å²) in [6.45, 7) is 5.83. The fourth-order valence-corrected chi connectivity index (χ4v) is 4.20. The molecule has 1 N–H and O–H groups in total. The van der Waals surface area contributed by atoms with Crippen LogP contribution in [-0.2, 0) is 13.1 Å². The Balaban J connectivity index is 0.00000218. The van der Waals surface area contributed by atoms with Gasteiger partial charge in [-0.25, -0.2) is 4.98 Å². The molecule has 158 valence electrons. The average Bonchev–Trinajstić information content (AvgIpc) is 3.38. The van der Waals surface area contributed by atoms with Gasteiger partial charge in [0.05, 0.1) is 12.2 Å². The highest BCUT2D eigenvalue weighted by Gasteiger charge is 2.31. The molecule has 1 fully saturated rings. The topological polar surface area (TPSA) is 89.1 Å². The summed E-state index contributed by atoms with van der Waals surface area (Å²) in [7, 11) is 0. The van der Waals surface area contributed by atoms with Gasteiger partial charge in [0.2, 0.25) is 11.7 Å². The Morgan fingerprint density at radius 2 is 1.90 bits per heavy atom. The van der Waals surface area contributed by atoms with Crippen LogP contribution in [0.3, 0.4) is 0 Å². The number of carbonyl (C=O) groups is 1. The monoisotopic (exact) mass is 428 g/mol. The van der Waals surface area contributed by atoms with E-state index in [1.165, 1.54) is 0 Å². The summed E-state index contributed by atoms with van der Waals surface area (Å²) in [4.78, 5) is 19.4. The number of piperidine rings is 1. The molecule has 0 bridgehead atoms. The quantitative estimate of drug-likeness (QED) is 0.690. The molecule has 1 saturated heterocycles. The number of benzene rings is 1. The van der Waals surface area contributed by atoms with Gasteiger partial charge in [-0.2, -0.15) is 0 Å². The molecule has 2 aromatic heterocycles. The number of carbonyl (C=O) groups excluding carboxylic acids is 1. The van der Waals surface area contributed by atoms with E-state index in [1.54, 1.807) is 0 Å². The van der Waals surface area contributed by atoms with Crippen molar-refractivity contribution in [3.8, 4) is 11.5 Å². The molecule has 2 aliphatic rings. The molecule has 9 heteroatoms. The smallest absolute Gasteiger partial charge is 0.291 e. The first-order chi connectivity index (χ1) is 14.2. The molecule has 0 unspecified atom stereocenters. The number of halogens is 1. The molecule has 4 heterocycles. The van der Waals surface area contributed by atoms with Crippen LogP contribution in [-0.4, -0.2) is 50.2 Å². The van der Waals surface area contributed by atoms with Crippen LogP contribution in [0.15, 0.2) is 34.7 Å². The predicted octanol–water partition coefficient (Wildman–Crippen LogP) is 2.79. The minimum atomic E-state index is -0.0805. The fourth-order valence-electron chi connectivity index (χ4n) is 4.20. The summed E-state index contributed by atoms with van der Waals surface area (Å²) in [5, 5.41) is 12.1. The van der Waals surface area contributed by atoms with Gasteiger partial charge in [-0.1, -0.05) is 18.2 Å². The SMILES string of the molecule is Cc1nc(-c2ccccc2)oc1C(=O)N1CCC(c2nnc3n2CCNC3)CC1.Cl. The van der Waals surface area contributed by atoms with Gasteiger partial charge in [0.15, 0.2) is 0 Å². The molecule has 0 saturated carbocycles. The van der Waals surface area contributed by atoms with Gasteiger partial charge in [-0.15, -0.1) is 22.6 Å². The van der Waals surface area contributed by atoms with Crippen molar-refractivity contribution in [3.05, 3.63) is 53.4 Å². The first kappa shape index (κ1) is 20.6. The van der Waals surface area contributed by atoms with Crippen LogP contribution < -0.4 is 5.32 Å². The largest absolute Gasteiger partial charge is 0.431 e. The molecule has 0 aliphatic carbocycles. The predicted molar refractivity (Wildman–Crippen MR) is 114 cm³/mol. The van der Waals surface area contributed by atoms with Crippen LogP contribution in [0.5, 0.6) is 0 Å². The lowest BCUT2D eigenvalue weighted by Gasteiger charge is -2.31. The molecular weight excluding hydrogens is 404 g/mol. The number of amides is 1. The lowest BCUT2D eigenvalue weighted by Crippen LogP contribution is -2.39. The highest BCUT2D eigenvalue weighted by atomic mass is 35.5. The average molecular weight is 429 g/mol. The van der Waals surface area contributed by atoms with E-state index in [9.17, 15) is 4.79 Å². The van der Waals surface area contributed by atoms with Crippen molar-refractivity contribution < 1.29 is 9.21 Å². The maximum atomic E-state index is 13.0. The summed E-state index contributed by atoms with van der Waals surface area (Å²) in [6, 6.07) is 9.67. The van der Waals surface area contributed by atoms with Gasteiger partial charge < -0.3 is 19.2 Å². The van der Waals surface area contributed by atoms with Crippen LogP contribution in [0.1, 0.15) is 46.7 Å². The molecule has 1 amide bonds. The van der Waals surface area contributed by atoms with E-state index in [-0.39, 0.29) is 18.3 Å². The lowest BCUT2D eigenvalue weighted by molar-refractivity contribution is 0.0678. The zero-order valence-electron chi connectivity index (χ0n) is 16.9. The summed E-state index contributed by atoms with van der Waals surface area (Å²) < 4.78 is 8.09. The van der Waals surface area contributed by atoms with Crippen LogP contribution in [0.2, 0.25) is 0 Å². The zero-order chi connectivity index (χ0) is 19.8. The van der Waals surface area contributed by atoms with E-state index in [0.29, 0.717) is 36.4 Å². The number of aromatic nitrogens is 4. The van der Waals surface area contributed by atoms with E-state index in [1.807, 2.05) is 42.2 Å². The number of nitrogens with zero attached hydrogens (tertiary/aromatic N) is 5. The van der Waals surface area contributed by atoms with E-state index in [0.717, 1.165) is 49.7 Å². The third-order valence-electron chi connectivity index (χ3n) is 5.81. The van der Waals surface area contributed by atoms with E-state index < -0.39 is 0 Å². The molecule has 5 rings (SSSR count). The minimum Gasteiger partial charge on any atom is -0.431 e. The van der Waals surface area contributed by atoms with Gasteiger partial charge in [0.25, 0.3) is 5.91 Å². The molecule has 1 aromatic carbocycles. The Morgan fingerprint density at radius 3 is 2.67 bits per heavy atom. The summed E-state index contributed by atoms with van der Waals surface area (Å²) in [5.41, 5.74) is 1.51. The van der Waals surface area contributed by atoms with E-state index in [4.69, 9.17) is 4.42 Å². The first-order valence-corrected chi connectivity index (χ1v) is 10.2. The summed E-state index contributed by atoms with van der Waals surface area (Å²) >= 11 is 0. The van der Waals surface area contributed by atoms with E-state index >= 15 is 0 Å². The van der Waals surface area contributed by atoms with Crippen LogP contribution in [0, 0.1) is 6.92 Å². The van der Waals surface area contributed by atoms with Gasteiger partial charge >= 0.3 is 0 Å². The second kappa shape index (κ2) is 8.57. The van der Waals surface area contributed by atoms with Gasteiger partial charge in [0, 0.05) is 37.7 Å². The number of oxazole rings is 1. The van der Waals surface area contributed by atoms with E-state index in [2.05, 4.69) is 25.1 Å².